The molecule has 1 saturated carbocycles. The van der Waals surface area contributed by atoms with Gasteiger partial charge >= 0.3 is 0 Å². The summed E-state index contributed by atoms with van der Waals surface area (Å²) in [6, 6.07) is 9.78. The highest BCUT2D eigenvalue weighted by Gasteiger charge is 2.32. The van der Waals surface area contributed by atoms with Crippen LogP contribution in [0.4, 0.5) is 0 Å². The van der Waals surface area contributed by atoms with E-state index in [1.807, 2.05) is 42.2 Å². The third-order valence-electron chi connectivity index (χ3n) is 4.98. The highest BCUT2D eigenvalue weighted by atomic mass is 16.5. The molecule has 5 heteroatoms. The van der Waals surface area contributed by atoms with E-state index in [2.05, 4.69) is 5.16 Å². The summed E-state index contributed by atoms with van der Waals surface area (Å²) in [6.07, 6.45) is 4.75. The maximum atomic E-state index is 13.4. The van der Waals surface area contributed by atoms with Crippen molar-refractivity contribution in [2.45, 2.75) is 58.1 Å². The van der Waals surface area contributed by atoms with Gasteiger partial charge in [0.2, 0.25) is 0 Å². The number of nitrogens with zero attached hydrogens (tertiary/aromatic N) is 2. The SMILES string of the molecule is CCN(C(=O)c1c(-c2ccccc2)noc1C(C)O)C1CCCCC1. The second-order valence-corrected chi connectivity index (χ2v) is 6.70. The van der Waals surface area contributed by atoms with E-state index in [4.69, 9.17) is 4.52 Å². The molecule has 1 N–H and O–H groups in total. The van der Waals surface area contributed by atoms with Gasteiger partial charge in [0.1, 0.15) is 17.4 Å². The van der Waals surface area contributed by atoms with Crippen LogP contribution in [0, 0.1) is 0 Å². The highest BCUT2D eigenvalue weighted by Crippen LogP contribution is 2.32. The summed E-state index contributed by atoms with van der Waals surface area (Å²) in [7, 11) is 0. The third kappa shape index (κ3) is 3.61. The maximum absolute atomic E-state index is 13.4. The summed E-state index contributed by atoms with van der Waals surface area (Å²) in [6.45, 7) is 4.25. The fourth-order valence-electron chi connectivity index (χ4n) is 3.69. The Morgan fingerprint density at radius 1 is 1.28 bits per heavy atom. The minimum Gasteiger partial charge on any atom is -0.385 e. The van der Waals surface area contributed by atoms with Crippen molar-refractivity contribution in [1.29, 1.82) is 0 Å². The van der Waals surface area contributed by atoms with E-state index in [9.17, 15) is 9.90 Å². The molecule has 0 bridgehead atoms. The number of aromatic nitrogens is 1. The Morgan fingerprint density at radius 2 is 1.96 bits per heavy atom. The zero-order chi connectivity index (χ0) is 17.8. The maximum Gasteiger partial charge on any atom is 0.260 e. The molecular formula is C20H26N2O3. The van der Waals surface area contributed by atoms with Crippen LogP contribution in [0.3, 0.4) is 0 Å². The first kappa shape index (κ1) is 17.7. The lowest BCUT2D eigenvalue weighted by molar-refractivity contribution is 0.0637. The number of aliphatic hydroxyl groups is 1. The number of carbonyl (C=O) groups excluding carboxylic acids is 1. The average Bonchev–Trinajstić information content (AvgIpc) is 3.09. The zero-order valence-corrected chi connectivity index (χ0v) is 14.9. The van der Waals surface area contributed by atoms with Gasteiger partial charge in [0.25, 0.3) is 5.91 Å². The molecule has 1 unspecified atom stereocenters. The molecule has 1 aliphatic carbocycles. The van der Waals surface area contributed by atoms with Crippen molar-refractivity contribution >= 4 is 5.91 Å². The summed E-state index contributed by atoms with van der Waals surface area (Å²) < 4.78 is 5.37. The Kier molecular flexibility index (Phi) is 5.53. The normalized spacial score (nSPS) is 16.6. The van der Waals surface area contributed by atoms with Crippen LogP contribution in [0.1, 0.15) is 68.2 Å². The summed E-state index contributed by atoms with van der Waals surface area (Å²) in [5.74, 6) is 0.156. The molecule has 0 spiro atoms. The van der Waals surface area contributed by atoms with E-state index in [1.165, 1.54) is 6.42 Å². The topological polar surface area (TPSA) is 66.6 Å². The quantitative estimate of drug-likeness (QED) is 0.885. The van der Waals surface area contributed by atoms with Gasteiger partial charge in [0, 0.05) is 18.2 Å². The van der Waals surface area contributed by atoms with Crippen molar-refractivity contribution in [1.82, 2.24) is 10.1 Å². The first-order valence-electron chi connectivity index (χ1n) is 9.17. The molecule has 1 aromatic heterocycles. The van der Waals surface area contributed by atoms with Crippen LogP contribution >= 0.6 is 0 Å². The summed E-state index contributed by atoms with van der Waals surface area (Å²) in [5, 5.41) is 14.2. The van der Waals surface area contributed by atoms with Crippen LogP contribution in [0.25, 0.3) is 11.3 Å². The Hall–Kier alpha value is -2.14. The summed E-state index contributed by atoms with van der Waals surface area (Å²) in [4.78, 5) is 15.3. The van der Waals surface area contributed by atoms with Crippen molar-refractivity contribution in [2.24, 2.45) is 0 Å². The Bertz CT molecular complexity index is 703. The highest BCUT2D eigenvalue weighted by molar-refractivity contribution is 6.01. The number of carbonyl (C=O) groups is 1. The van der Waals surface area contributed by atoms with Crippen LogP contribution in [0.15, 0.2) is 34.9 Å². The zero-order valence-electron chi connectivity index (χ0n) is 14.9. The van der Waals surface area contributed by atoms with E-state index in [1.54, 1.807) is 6.92 Å². The standard InChI is InChI=1S/C20H26N2O3/c1-3-22(16-12-8-5-9-13-16)20(24)17-18(15-10-6-4-7-11-15)21-25-19(17)14(2)23/h4,6-7,10-11,14,16,23H,3,5,8-9,12-13H2,1-2H3. The molecule has 25 heavy (non-hydrogen) atoms. The third-order valence-corrected chi connectivity index (χ3v) is 4.98. The summed E-state index contributed by atoms with van der Waals surface area (Å²) >= 11 is 0. The Balaban J connectivity index is 2.01. The van der Waals surface area contributed by atoms with E-state index < -0.39 is 6.10 Å². The lowest BCUT2D eigenvalue weighted by atomic mass is 9.93. The monoisotopic (exact) mass is 342 g/mol. The smallest absolute Gasteiger partial charge is 0.260 e. The molecule has 1 atom stereocenters. The lowest BCUT2D eigenvalue weighted by Crippen LogP contribution is -2.41. The van der Waals surface area contributed by atoms with Crippen molar-refractivity contribution < 1.29 is 14.4 Å². The van der Waals surface area contributed by atoms with Gasteiger partial charge < -0.3 is 14.5 Å². The van der Waals surface area contributed by atoms with E-state index in [0.717, 1.165) is 31.2 Å². The van der Waals surface area contributed by atoms with E-state index in [-0.39, 0.29) is 17.7 Å². The van der Waals surface area contributed by atoms with Crippen molar-refractivity contribution in [3.05, 3.63) is 41.7 Å². The average molecular weight is 342 g/mol. The predicted octanol–water partition coefficient (Wildman–Crippen LogP) is 4.19. The van der Waals surface area contributed by atoms with Crippen molar-refractivity contribution in [3.8, 4) is 11.3 Å². The number of benzene rings is 1. The van der Waals surface area contributed by atoms with Crippen molar-refractivity contribution in [2.75, 3.05) is 6.54 Å². The number of hydrogen-bond acceptors (Lipinski definition) is 4. The van der Waals surface area contributed by atoms with Gasteiger partial charge in [-0.3, -0.25) is 4.79 Å². The van der Waals surface area contributed by atoms with Crippen LogP contribution in [0.2, 0.25) is 0 Å². The molecule has 0 aliphatic heterocycles. The van der Waals surface area contributed by atoms with Gasteiger partial charge in [-0.2, -0.15) is 0 Å². The summed E-state index contributed by atoms with van der Waals surface area (Å²) in [5.41, 5.74) is 1.73. The molecule has 1 heterocycles. The van der Waals surface area contributed by atoms with Gasteiger partial charge in [0.05, 0.1) is 0 Å². The van der Waals surface area contributed by atoms with Crippen LogP contribution in [-0.2, 0) is 0 Å². The number of rotatable bonds is 5. The molecule has 0 radical (unpaired) electrons. The largest absolute Gasteiger partial charge is 0.385 e. The minimum absolute atomic E-state index is 0.0922. The van der Waals surface area contributed by atoms with Crippen molar-refractivity contribution in [3.63, 3.8) is 0 Å². The van der Waals surface area contributed by atoms with Gasteiger partial charge in [-0.05, 0) is 26.7 Å². The van der Waals surface area contributed by atoms with Crippen LogP contribution in [-0.4, -0.2) is 33.7 Å². The molecule has 5 nitrogen and oxygen atoms in total. The minimum atomic E-state index is -0.881. The molecule has 1 aromatic carbocycles. The molecule has 1 amide bonds. The molecule has 1 fully saturated rings. The second-order valence-electron chi connectivity index (χ2n) is 6.70. The second kappa shape index (κ2) is 7.83. The fourth-order valence-corrected chi connectivity index (χ4v) is 3.69. The van der Waals surface area contributed by atoms with E-state index in [0.29, 0.717) is 17.8 Å². The van der Waals surface area contributed by atoms with Gasteiger partial charge in [0.15, 0.2) is 5.76 Å². The molecule has 0 saturated heterocycles. The van der Waals surface area contributed by atoms with Gasteiger partial charge in [-0.1, -0.05) is 54.8 Å². The first-order valence-corrected chi connectivity index (χ1v) is 9.17. The molecule has 3 rings (SSSR count). The number of aliphatic hydroxyl groups excluding tert-OH is 1. The van der Waals surface area contributed by atoms with Crippen LogP contribution in [0.5, 0.6) is 0 Å². The fraction of sp³-hybridized carbons (Fsp3) is 0.500. The number of amides is 1. The molecule has 1 aliphatic rings. The van der Waals surface area contributed by atoms with Gasteiger partial charge in [-0.15, -0.1) is 0 Å². The lowest BCUT2D eigenvalue weighted by Gasteiger charge is -2.33. The number of hydrogen-bond donors (Lipinski definition) is 1. The Morgan fingerprint density at radius 3 is 2.56 bits per heavy atom. The predicted molar refractivity (Wildman–Crippen MR) is 96.2 cm³/mol. The van der Waals surface area contributed by atoms with E-state index >= 15 is 0 Å². The van der Waals surface area contributed by atoms with Gasteiger partial charge in [-0.25, -0.2) is 0 Å². The molecular weight excluding hydrogens is 316 g/mol. The first-order chi connectivity index (χ1) is 12.1. The molecule has 134 valence electrons. The van der Waals surface area contributed by atoms with Crippen LogP contribution < -0.4 is 0 Å². The Labute approximate surface area is 148 Å². The molecule has 2 aromatic rings.